The summed E-state index contributed by atoms with van der Waals surface area (Å²) in [6.07, 6.45) is 2.14. The molecule has 0 unspecified atom stereocenters. The highest BCUT2D eigenvalue weighted by Crippen LogP contribution is 2.64. The maximum atomic E-state index is 12.5. The Hall–Kier alpha value is -0.460. The van der Waals surface area contributed by atoms with Crippen molar-refractivity contribution in [2.45, 2.75) is 53.0 Å². The molecule has 4 atom stereocenters. The van der Waals surface area contributed by atoms with E-state index in [0.29, 0.717) is 18.8 Å². The molecule has 0 saturated heterocycles. The number of aliphatic hydroxyl groups excluding tert-OH is 1. The molecule has 0 amide bonds. The van der Waals surface area contributed by atoms with Crippen molar-refractivity contribution in [1.82, 2.24) is 4.72 Å². The van der Waals surface area contributed by atoms with Crippen LogP contribution in [-0.2, 0) is 14.8 Å². The van der Waals surface area contributed by atoms with E-state index in [0.717, 1.165) is 6.42 Å². The molecule has 2 saturated carbocycles. The van der Waals surface area contributed by atoms with Crippen LogP contribution in [0, 0.1) is 22.7 Å². The van der Waals surface area contributed by atoms with Crippen molar-refractivity contribution in [2.75, 3.05) is 12.4 Å². The molecule has 2 bridgehead atoms. The SMILES string of the molecule is C[C@H](NS(=O)(=O)C[C@@]12CC[C@@H](CC1=O)C2(C)C)[C@@H](C)CO. The van der Waals surface area contributed by atoms with Crippen molar-refractivity contribution in [3.63, 3.8) is 0 Å². The molecule has 0 radical (unpaired) electrons. The van der Waals surface area contributed by atoms with Crippen LogP contribution in [0.15, 0.2) is 0 Å². The first-order valence-electron chi connectivity index (χ1n) is 7.70. The number of sulfonamides is 1. The predicted octanol–water partition coefficient (Wildman–Crippen LogP) is 1.32. The van der Waals surface area contributed by atoms with Gasteiger partial charge >= 0.3 is 0 Å². The third-order valence-electron chi connectivity index (χ3n) is 6.08. The summed E-state index contributed by atoms with van der Waals surface area (Å²) in [5.41, 5.74) is -0.976. The Morgan fingerprint density at radius 1 is 1.38 bits per heavy atom. The lowest BCUT2D eigenvalue weighted by molar-refractivity contribution is -0.128. The number of ketones is 1. The highest BCUT2D eigenvalue weighted by Gasteiger charge is 2.65. The van der Waals surface area contributed by atoms with Crippen LogP contribution in [0.5, 0.6) is 0 Å². The Balaban J connectivity index is 2.18. The molecule has 2 N–H and O–H groups in total. The molecule has 122 valence electrons. The zero-order chi connectivity index (χ0) is 16.1. The summed E-state index contributed by atoms with van der Waals surface area (Å²) in [5, 5.41) is 9.13. The second kappa shape index (κ2) is 5.32. The van der Waals surface area contributed by atoms with Crippen molar-refractivity contribution < 1.29 is 18.3 Å². The molecule has 5 nitrogen and oxygen atoms in total. The molecule has 21 heavy (non-hydrogen) atoms. The number of rotatable bonds is 6. The summed E-state index contributed by atoms with van der Waals surface area (Å²) >= 11 is 0. The van der Waals surface area contributed by atoms with Gasteiger partial charge in [0.05, 0.1) is 5.75 Å². The van der Waals surface area contributed by atoms with Gasteiger partial charge in [-0.3, -0.25) is 4.79 Å². The van der Waals surface area contributed by atoms with Gasteiger partial charge in [0.25, 0.3) is 0 Å². The quantitative estimate of drug-likeness (QED) is 0.774. The van der Waals surface area contributed by atoms with E-state index in [1.54, 1.807) is 13.8 Å². The van der Waals surface area contributed by atoms with Gasteiger partial charge in [-0.2, -0.15) is 0 Å². The topological polar surface area (TPSA) is 83.5 Å². The lowest BCUT2D eigenvalue weighted by Crippen LogP contribution is -2.48. The molecule has 0 aromatic carbocycles. The van der Waals surface area contributed by atoms with E-state index in [4.69, 9.17) is 5.11 Å². The first-order valence-corrected chi connectivity index (χ1v) is 9.35. The Kier molecular flexibility index (Phi) is 4.28. The fourth-order valence-electron chi connectivity index (χ4n) is 4.03. The Morgan fingerprint density at radius 3 is 2.43 bits per heavy atom. The molecule has 0 aromatic rings. The molecule has 6 heteroatoms. The van der Waals surface area contributed by atoms with E-state index >= 15 is 0 Å². The van der Waals surface area contributed by atoms with Crippen LogP contribution >= 0.6 is 0 Å². The van der Waals surface area contributed by atoms with Crippen molar-refractivity contribution in [1.29, 1.82) is 0 Å². The largest absolute Gasteiger partial charge is 0.396 e. The van der Waals surface area contributed by atoms with Crippen molar-refractivity contribution in [3.8, 4) is 0 Å². The molecule has 2 aliphatic carbocycles. The van der Waals surface area contributed by atoms with Crippen molar-refractivity contribution in [2.24, 2.45) is 22.7 Å². The molecule has 2 aliphatic rings. The number of Topliss-reactive ketones (excluding diaryl/α,β-unsaturated/α-hetero) is 1. The van der Waals surface area contributed by atoms with Gasteiger partial charge in [0.2, 0.25) is 10.0 Å². The van der Waals surface area contributed by atoms with Crippen molar-refractivity contribution in [3.05, 3.63) is 0 Å². The minimum Gasteiger partial charge on any atom is -0.396 e. The Labute approximate surface area is 127 Å². The summed E-state index contributed by atoms with van der Waals surface area (Å²) in [4.78, 5) is 12.4. The average Bonchev–Trinajstić information content (AvgIpc) is 2.70. The van der Waals surface area contributed by atoms with Gasteiger partial charge in [0.15, 0.2) is 0 Å². The fourth-order valence-corrected chi connectivity index (χ4v) is 6.24. The third-order valence-corrected chi connectivity index (χ3v) is 7.69. The van der Waals surface area contributed by atoms with Gasteiger partial charge in [-0.15, -0.1) is 0 Å². The lowest BCUT2D eigenvalue weighted by Gasteiger charge is -2.36. The highest BCUT2D eigenvalue weighted by atomic mass is 32.2. The van der Waals surface area contributed by atoms with Crippen LogP contribution in [0.2, 0.25) is 0 Å². The number of fused-ring (bicyclic) bond motifs is 2. The van der Waals surface area contributed by atoms with Gasteiger partial charge in [0, 0.05) is 24.5 Å². The van der Waals surface area contributed by atoms with Crippen LogP contribution in [0.25, 0.3) is 0 Å². The van der Waals surface area contributed by atoms with Crippen LogP contribution < -0.4 is 4.72 Å². The fraction of sp³-hybridized carbons (Fsp3) is 0.933. The Bertz CT molecular complexity index is 528. The number of carbonyl (C=O) groups excluding carboxylic acids is 1. The standard InChI is InChI=1S/C15H27NO4S/c1-10(8-17)11(2)16-21(19,20)9-15-6-5-12(7-13(15)18)14(15,3)4/h10-12,16-17H,5-9H2,1-4H3/t10-,11-,12-,15-/m0/s1. The molecular formula is C15H27NO4S. The average molecular weight is 317 g/mol. The number of aliphatic hydroxyl groups is 1. The predicted molar refractivity (Wildman–Crippen MR) is 81.2 cm³/mol. The zero-order valence-electron chi connectivity index (χ0n) is 13.3. The lowest BCUT2D eigenvalue weighted by atomic mass is 9.70. The van der Waals surface area contributed by atoms with E-state index in [1.807, 2.05) is 13.8 Å². The van der Waals surface area contributed by atoms with Crippen LogP contribution in [0.1, 0.15) is 47.0 Å². The van der Waals surface area contributed by atoms with E-state index < -0.39 is 15.4 Å². The summed E-state index contributed by atoms with van der Waals surface area (Å²) in [6, 6.07) is -0.340. The maximum absolute atomic E-state index is 12.5. The number of carbonyl (C=O) groups is 1. The van der Waals surface area contributed by atoms with Gasteiger partial charge in [-0.05, 0) is 37.0 Å². The summed E-state index contributed by atoms with van der Waals surface area (Å²) < 4.78 is 27.6. The van der Waals surface area contributed by atoms with Gasteiger partial charge in [-0.1, -0.05) is 20.8 Å². The molecule has 0 aromatic heterocycles. The number of hydrogen-bond donors (Lipinski definition) is 2. The van der Waals surface area contributed by atoms with Crippen LogP contribution in [-0.4, -0.2) is 37.7 Å². The molecular weight excluding hydrogens is 290 g/mol. The molecule has 2 fully saturated rings. The summed E-state index contributed by atoms with van der Waals surface area (Å²) in [6.45, 7) is 7.54. The number of hydrogen-bond acceptors (Lipinski definition) is 4. The first-order chi connectivity index (χ1) is 9.56. The van der Waals surface area contributed by atoms with E-state index in [2.05, 4.69) is 4.72 Å². The second-order valence-electron chi connectivity index (χ2n) is 7.49. The molecule has 0 heterocycles. The zero-order valence-corrected chi connectivity index (χ0v) is 14.2. The summed E-state index contributed by atoms with van der Waals surface area (Å²) in [7, 11) is -3.55. The first kappa shape index (κ1) is 16.9. The minimum absolute atomic E-state index is 0.0681. The summed E-state index contributed by atoms with van der Waals surface area (Å²) in [5.74, 6) is 0.150. The van der Waals surface area contributed by atoms with Gasteiger partial charge in [-0.25, -0.2) is 13.1 Å². The van der Waals surface area contributed by atoms with Crippen molar-refractivity contribution >= 4 is 15.8 Å². The van der Waals surface area contributed by atoms with E-state index in [-0.39, 0.29) is 35.5 Å². The number of nitrogens with one attached hydrogen (secondary N) is 1. The molecule has 0 aliphatic heterocycles. The van der Waals surface area contributed by atoms with Crippen LogP contribution in [0.4, 0.5) is 0 Å². The highest BCUT2D eigenvalue weighted by molar-refractivity contribution is 7.89. The normalized spacial score (nSPS) is 34.1. The maximum Gasteiger partial charge on any atom is 0.212 e. The third kappa shape index (κ3) is 2.66. The molecule has 2 rings (SSSR count). The smallest absolute Gasteiger partial charge is 0.212 e. The van der Waals surface area contributed by atoms with E-state index in [9.17, 15) is 13.2 Å². The monoisotopic (exact) mass is 317 g/mol. The van der Waals surface area contributed by atoms with Crippen LogP contribution in [0.3, 0.4) is 0 Å². The van der Waals surface area contributed by atoms with Gasteiger partial charge < -0.3 is 5.11 Å². The molecule has 0 spiro atoms. The second-order valence-corrected chi connectivity index (χ2v) is 9.25. The Morgan fingerprint density at radius 2 is 2.00 bits per heavy atom. The van der Waals surface area contributed by atoms with E-state index in [1.165, 1.54) is 0 Å². The minimum atomic E-state index is -3.55. The van der Waals surface area contributed by atoms with Gasteiger partial charge in [0.1, 0.15) is 5.78 Å².